The molecule has 8 aromatic rings. The molecule has 2 aliphatic heterocycles. The minimum Gasteiger partial charge on any atom is -0.310 e. The van der Waals surface area contributed by atoms with Crippen LogP contribution in [0.1, 0.15) is 61.1 Å². The van der Waals surface area contributed by atoms with E-state index in [1.165, 1.54) is 22.3 Å². The van der Waals surface area contributed by atoms with Crippen molar-refractivity contribution in [2.45, 2.75) is 38.5 Å². The van der Waals surface area contributed by atoms with Gasteiger partial charge in [-0.25, -0.2) is 0 Å². The van der Waals surface area contributed by atoms with Gasteiger partial charge in [-0.15, -0.1) is 0 Å². The van der Waals surface area contributed by atoms with Crippen molar-refractivity contribution < 1.29 is 0 Å². The highest BCUT2D eigenvalue weighted by molar-refractivity contribution is 6.27. The van der Waals surface area contributed by atoms with Crippen molar-refractivity contribution in [3.63, 3.8) is 0 Å². The molecule has 0 N–H and O–H groups in total. The van der Waals surface area contributed by atoms with E-state index in [1.54, 1.807) is 0 Å². The van der Waals surface area contributed by atoms with Gasteiger partial charge in [0, 0.05) is 22.2 Å². The average Bonchev–Trinajstić information content (AvgIpc) is 3.20. The Labute approximate surface area is 315 Å². The van der Waals surface area contributed by atoms with Gasteiger partial charge in [-0.1, -0.05) is 113 Å². The maximum Gasteiger partial charge on any atom is 0.101 e. The number of hydrogen-bond donors (Lipinski definition) is 0. The first-order valence-electron chi connectivity index (χ1n) is 18.5. The zero-order chi connectivity index (χ0) is 36.9. The van der Waals surface area contributed by atoms with Gasteiger partial charge in [-0.05, 0) is 115 Å². The first kappa shape index (κ1) is 31.8. The molecule has 0 aliphatic carbocycles. The van der Waals surface area contributed by atoms with Crippen molar-refractivity contribution in [1.29, 1.82) is 10.5 Å². The largest absolute Gasteiger partial charge is 0.310 e. The van der Waals surface area contributed by atoms with E-state index in [9.17, 15) is 10.5 Å². The summed E-state index contributed by atoms with van der Waals surface area (Å²) in [5.74, 6) is 0. The fraction of sp³-hybridized carbons (Fsp3) is 0.120. The Hall–Kier alpha value is -6.88. The molecular weight excluding hydrogens is 657 g/mol. The van der Waals surface area contributed by atoms with Crippen LogP contribution < -0.4 is 9.80 Å². The summed E-state index contributed by atoms with van der Waals surface area (Å²) in [7, 11) is 0. The lowest BCUT2D eigenvalue weighted by atomic mass is 9.73. The third kappa shape index (κ3) is 4.29. The number of benzene rings is 8. The Morgan fingerprint density at radius 1 is 0.370 bits per heavy atom. The SMILES string of the molecule is CC1(C)c2ccccc2N(c2ccc3c4ccc(N5c6ccccc6C(C)(C)c6ccccc65)cc4c4cc(C#N)c(C#N)cc4c3c2)c2ccccc21. The van der Waals surface area contributed by atoms with Gasteiger partial charge >= 0.3 is 0 Å². The molecule has 10 rings (SSSR count). The van der Waals surface area contributed by atoms with Crippen molar-refractivity contribution in [3.05, 3.63) is 179 Å². The molecule has 8 aromatic carbocycles. The van der Waals surface area contributed by atoms with E-state index in [0.717, 1.165) is 66.4 Å². The Morgan fingerprint density at radius 3 is 0.981 bits per heavy atom. The summed E-state index contributed by atoms with van der Waals surface area (Å²) < 4.78 is 0. The van der Waals surface area contributed by atoms with E-state index in [2.05, 4.69) is 183 Å². The molecule has 0 unspecified atom stereocenters. The number of anilines is 6. The molecule has 2 heterocycles. The Bertz CT molecular complexity index is 2690. The summed E-state index contributed by atoms with van der Waals surface area (Å²) in [5, 5.41) is 26.7. The van der Waals surface area contributed by atoms with Crippen LogP contribution >= 0.6 is 0 Å². The summed E-state index contributed by atoms with van der Waals surface area (Å²) in [5.41, 5.74) is 12.2. The van der Waals surface area contributed by atoms with Crippen LogP contribution in [-0.2, 0) is 10.8 Å². The molecule has 0 spiro atoms. The molecule has 4 heteroatoms. The Kier molecular flexibility index (Phi) is 6.66. The first-order valence-corrected chi connectivity index (χ1v) is 18.5. The Balaban J connectivity index is 1.25. The summed E-state index contributed by atoms with van der Waals surface area (Å²) >= 11 is 0. The van der Waals surface area contributed by atoms with Crippen molar-refractivity contribution in [1.82, 2.24) is 0 Å². The predicted octanol–water partition coefficient (Wildman–Crippen LogP) is 13.1. The number of hydrogen-bond acceptors (Lipinski definition) is 4. The van der Waals surface area contributed by atoms with Gasteiger partial charge in [0.25, 0.3) is 0 Å². The van der Waals surface area contributed by atoms with Crippen LogP contribution in [0.15, 0.2) is 146 Å². The van der Waals surface area contributed by atoms with Gasteiger partial charge in [0.2, 0.25) is 0 Å². The number of rotatable bonds is 2. The van der Waals surface area contributed by atoms with Crippen LogP contribution in [0.2, 0.25) is 0 Å². The minimum atomic E-state index is -0.165. The maximum absolute atomic E-state index is 10.2. The fourth-order valence-corrected chi connectivity index (χ4v) is 9.38. The molecule has 0 bridgehead atoms. The maximum atomic E-state index is 10.2. The van der Waals surface area contributed by atoms with E-state index in [4.69, 9.17) is 0 Å². The number of nitriles is 2. The third-order valence-corrected chi connectivity index (χ3v) is 12.1. The quantitative estimate of drug-likeness (QED) is 0.169. The van der Waals surface area contributed by atoms with Gasteiger partial charge in [0.15, 0.2) is 0 Å². The second-order valence-corrected chi connectivity index (χ2v) is 15.6. The summed E-state index contributed by atoms with van der Waals surface area (Å²) in [6.45, 7) is 9.20. The van der Waals surface area contributed by atoms with E-state index in [-0.39, 0.29) is 10.8 Å². The molecule has 0 fully saturated rings. The highest BCUT2D eigenvalue weighted by atomic mass is 15.2. The van der Waals surface area contributed by atoms with Crippen molar-refractivity contribution in [3.8, 4) is 12.1 Å². The van der Waals surface area contributed by atoms with Crippen LogP contribution in [0.5, 0.6) is 0 Å². The van der Waals surface area contributed by atoms with Gasteiger partial charge in [-0.3, -0.25) is 0 Å². The average molecular weight is 693 g/mol. The van der Waals surface area contributed by atoms with Crippen LogP contribution in [0, 0.1) is 22.7 Å². The molecule has 0 amide bonds. The highest BCUT2D eigenvalue weighted by Gasteiger charge is 2.38. The molecule has 54 heavy (non-hydrogen) atoms. The van der Waals surface area contributed by atoms with Crippen molar-refractivity contribution in [2.24, 2.45) is 0 Å². The molecule has 0 saturated carbocycles. The van der Waals surface area contributed by atoms with Crippen LogP contribution in [0.25, 0.3) is 32.3 Å². The normalized spacial score (nSPS) is 14.9. The van der Waals surface area contributed by atoms with Crippen LogP contribution in [0.3, 0.4) is 0 Å². The summed E-state index contributed by atoms with van der Waals surface area (Å²) in [6.07, 6.45) is 0. The predicted molar refractivity (Wildman–Crippen MR) is 222 cm³/mol. The van der Waals surface area contributed by atoms with E-state index in [1.807, 2.05) is 12.1 Å². The van der Waals surface area contributed by atoms with Gasteiger partial charge in [-0.2, -0.15) is 10.5 Å². The first-order chi connectivity index (χ1) is 26.2. The minimum absolute atomic E-state index is 0.165. The zero-order valence-electron chi connectivity index (χ0n) is 30.6. The summed E-state index contributed by atoms with van der Waals surface area (Å²) in [6, 6.07) is 56.7. The second kappa shape index (κ2) is 11.3. The van der Waals surface area contributed by atoms with Crippen LogP contribution in [0.4, 0.5) is 34.1 Å². The lowest BCUT2D eigenvalue weighted by Crippen LogP contribution is -2.30. The highest BCUT2D eigenvalue weighted by Crippen LogP contribution is 2.54. The van der Waals surface area contributed by atoms with E-state index >= 15 is 0 Å². The smallest absolute Gasteiger partial charge is 0.101 e. The molecule has 0 radical (unpaired) electrons. The molecule has 4 nitrogen and oxygen atoms in total. The van der Waals surface area contributed by atoms with E-state index < -0.39 is 0 Å². The number of para-hydroxylation sites is 4. The number of fused-ring (bicyclic) bond motifs is 10. The molecular formula is C50H36N4. The molecule has 256 valence electrons. The zero-order valence-corrected chi connectivity index (χ0v) is 30.6. The lowest BCUT2D eigenvalue weighted by Gasteiger charge is -2.42. The monoisotopic (exact) mass is 692 g/mol. The standard InChI is InChI=1S/C50H36N4/c1-49(2)41-13-5-9-17-45(41)53(46-18-10-6-14-42(46)49)33-21-23-35-36-24-22-34(28-40(36)38-26-32(30-52)31(29-51)25-37(38)39(35)27-33)54-47-19-11-7-15-43(47)50(3,4)44-16-8-12-20-48(44)54/h5-28H,1-4H3. The number of nitrogens with zero attached hydrogens (tertiary/aromatic N) is 4. The second-order valence-electron chi connectivity index (χ2n) is 15.6. The molecule has 0 saturated heterocycles. The van der Waals surface area contributed by atoms with E-state index in [0.29, 0.717) is 11.1 Å². The molecule has 2 aliphatic rings. The lowest BCUT2D eigenvalue weighted by molar-refractivity contribution is 0.632. The molecule has 0 atom stereocenters. The van der Waals surface area contributed by atoms with Gasteiger partial charge in [0.05, 0.1) is 33.9 Å². The van der Waals surface area contributed by atoms with Crippen molar-refractivity contribution in [2.75, 3.05) is 9.80 Å². The van der Waals surface area contributed by atoms with Crippen molar-refractivity contribution >= 4 is 66.4 Å². The summed E-state index contributed by atoms with van der Waals surface area (Å²) in [4.78, 5) is 4.74. The van der Waals surface area contributed by atoms with Gasteiger partial charge < -0.3 is 9.80 Å². The fourth-order valence-electron chi connectivity index (χ4n) is 9.38. The third-order valence-electron chi connectivity index (χ3n) is 12.1. The Morgan fingerprint density at radius 2 is 0.667 bits per heavy atom. The van der Waals surface area contributed by atoms with Gasteiger partial charge in [0.1, 0.15) is 12.1 Å². The molecule has 0 aromatic heterocycles. The topological polar surface area (TPSA) is 54.1 Å². The van der Waals surface area contributed by atoms with Crippen LogP contribution in [-0.4, -0.2) is 0 Å².